The number of nitriles is 1. The molecule has 0 amide bonds. The number of hydrogen-bond acceptors (Lipinski definition) is 5. The fourth-order valence-corrected chi connectivity index (χ4v) is 2.59. The number of piperazine rings is 1. The van der Waals surface area contributed by atoms with Crippen molar-refractivity contribution < 1.29 is 0 Å². The van der Waals surface area contributed by atoms with Crippen molar-refractivity contribution in [2.24, 2.45) is 0 Å². The van der Waals surface area contributed by atoms with Crippen LogP contribution in [0.25, 0.3) is 0 Å². The number of anilines is 1. The minimum absolute atomic E-state index is 0.520. The second-order valence-electron chi connectivity index (χ2n) is 3.37. The Hall–Kier alpha value is -0.830. The first-order valence-corrected chi connectivity index (χ1v) is 6.00. The number of rotatable bonds is 2. The fraction of sp³-hybridized carbons (Fsp3) is 0.556. The maximum absolute atomic E-state index is 8.57. The van der Waals surface area contributed by atoms with Gasteiger partial charge in [0.15, 0.2) is 5.13 Å². The Balaban J connectivity index is 1.91. The summed E-state index contributed by atoms with van der Waals surface area (Å²) in [7, 11) is 0. The number of halogens is 1. The molecule has 0 N–H and O–H groups in total. The Morgan fingerprint density at radius 2 is 2.20 bits per heavy atom. The maximum atomic E-state index is 8.57. The summed E-state index contributed by atoms with van der Waals surface area (Å²) in [6, 6.07) is 2.17. The van der Waals surface area contributed by atoms with Gasteiger partial charge in [-0.3, -0.25) is 4.90 Å². The Bertz CT molecular complexity index is 364. The Kier molecular flexibility index (Phi) is 3.41. The molecule has 2 heterocycles. The van der Waals surface area contributed by atoms with E-state index in [0.29, 0.717) is 11.7 Å². The molecule has 1 aliphatic heterocycles. The first-order chi connectivity index (χ1) is 7.29. The molecule has 0 atom stereocenters. The monoisotopic (exact) mass is 242 g/mol. The van der Waals surface area contributed by atoms with Crippen LogP contribution < -0.4 is 4.90 Å². The number of aromatic nitrogens is 1. The molecule has 0 bridgehead atoms. The van der Waals surface area contributed by atoms with Gasteiger partial charge >= 0.3 is 0 Å². The summed E-state index contributed by atoms with van der Waals surface area (Å²) < 4.78 is 0. The SMILES string of the molecule is N#CCN1CCN(c2nc(Cl)cs2)CC1. The third kappa shape index (κ3) is 2.59. The van der Waals surface area contributed by atoms with Crippen LogP contribution >= 0.6 is 22.9 Å². The van der Waals surface area contributed by atoms with Crippen molar-refractivity contribution in [1.29, 1.82) is 5.26 Å². The van der Waals surface area contributed by atoms with Crippen molar-refractivity contribution in [3.8, 4) is 6.07 Å². The first kappa shape index (κ1) is 10.7. The van der Waals surface area contributed by atoms with Gasteiger partial charge in [0.1, 0.15) is 5.15 Å². The summed E-state index contributed by atoms with van der Waals surface area (Å²) in [6.07, 6.45) is 0. The van der Waals surface area contributed by atoms with Crippen LogP contribution in [-0.2, 0) is 0 Å². The van der Waals surface area contributed by atoms with E-state index in [1.54, 1.807) is 11.3 Å². The molecule has 6 heteroatoms. The lowest BCUT2D eigenvalue weighted by Gasteiger charge is -2.33. The van der Waals surface area contributed by atoms with Crippen molar-refractivity contribution in [3.63, 3.8) is 0 Å². The summed E-state index contributed by atoms with van der Waals surface area (Å²) in [5.74, 6) is 0. The second-order valence-corrected chi connectivity index (χ2v) is 4.60. The van der Waals surface area contributed by atoms with Gasteiger partial charge in [-0.15, -0.1) is 11.3 Å². The highest BCUT2D eigenvalue weighted by Gasteiger charge is 2.18. The van der Waals surface area contributed by atoms with E-state index >= 15 is 0 Å². The summed E-state index contributed by atoms with van der Waals surface area (Å²) >= 11 is 7.35. The molecule has 80 valence electrons. The third-order valence-corrected chi connectivity index (χ3v) is 3.63. The van der Waals surface area contributed by atoms with Gasteiger partial charge in [0.25, 0.3) is 0 Å². The van der Waals surface area contributed by atoms with Crippen LogP contribution in [0.3, 0.4) is 0 Å². The van der Waals surface area contributed by atoms with Gasteiger partial charge in [0.05, 0.1) is 12.6 Å². The minimum Gasteiger partial charge on any atom is -0.345 e. The van der Waals surface area contributed by atoms with E-state index in [4.69, 9.17) is 16.9 Å². The predicted octanol–water partition coefficient (Wildman–Crippen LogP) is 1.44. The van der Waals surface area contributed by atoms with Gasteiger partial charge < -0.3 is 4.90 Å². The quantitative estimate of drug-likeness (QED) is 0.737. The van der Waals surface area contributed by atoms with Crippen LogP contribution in [-0.4, -0.2) is 42.6 Å². The van der Waals surface area contributed by atoms with Crippen LogP contribution in [0.1, 0.15) is 0 Å². The normalized spacial score (nSPS) is 17.7. The highest BCUT2D eigenvalue weighted by molar-refractivity contribution is 7.14. The van der Waals surface area contributed by atoms with Crippen LogP contribution in [0.2, 0.25) is 5.15 Å². The smallest absolute Gasteiger partial charge is 0.186 e. The third-order valence-electron chi connectivity index (χ3n) is 2.40. The van der Waals surface area contributed by atoms with Gasteiger partial charge in [-0.05, 0) is 0 Å². The van der Waals surface area contributed by atoms with Crippen molar-refractivity contribution >= 4 is 28.1 Å². The first-order valence-electron chi connectivity index (χ1n) is 4.75. The Morgan fingerprint density at radius 1 is 1.47 bits per heavy atom. The predicted molar refractivity (Wildman–Crippen MR) is 61.4 cm³/mol. The van der Waals surface area contributed by atoms with E-state index in [9.17, 15) is 0 Å². The summed E-state index contributed by atoms with van der Waals surface area (Å²) in [6.45, 7) is 4.21. The van der Waals surface area contributed by atoms with Crippen LogP contribution in [0.5, 0.6) is 0 Å². The minimum atomic E-state index is 0.520. The molecule has 0 aliphatic carbocycles. The standard InChI is InChI=1S/C9H11ClN4S/c10-8-7-15-9(12-8)14-5-3-13(2-1-11)4-6-14/h7H,2-6H2. The average molecular weight is 243 g/mol. The fourth-order valence-electron chi connectivity index (χ4n) is 1.59. The van der Waals surface area contributed by atoms with Gasteiger partial charge in [-0.2, -0.15) is 5.26 Å². The topological polar surface area (TPSA) is 43.2 Å². The molecule has 1 fully saturated rings. The van der Waals surface area contributed by atoms with Crippen LogP contribution in [0.15, 0.2) is 5.38 Å². The zero-order valence-corrected chi connectivity index (χ0v) is 9.76. The summed E-state index contributed by atoms with van der Waals surface area (Å²) in [4.78, 5) is 8.59. The highest BCUT2D eigenvalue weighted by atomic mass is 35.5. The second kappa shape index (κ2) is 4.79. The number of thiazole rings is 1. The van der Waals surface area contributed by atoms with E-state index in [2.05, 4.69) is 20.9 Å². The Labute approximate surface area is 97.7 Å². The largest absolute Gasteiger partial charge is 0.345 e. The molecule has 0 aromatic carbocycles. The molecule has 1 aromatic rings. The molecule has 0 spiro atoms. The molecule has 0 radical (unpaired) electrons. The summed E-state index contributed by atoms with van der Waals surface area (Å²) in [5, 5.41) is 12.0. The molecule has 0 unspecified atom stereocenters. The van der Waals surface area contributed by atoms with Crippen LogP contribution in [0.4, 0.5) is 5.13 Å². The lowest BCUT2D eigenvalue weighted by Crippen LogP contribution is -2.46. The lowest BCUT2D eigenvalue weighted by atomic mass is 10.3. The highest BCUT2D eigenvalue weighted by Crippen LogP contribution is 2.23. The molecular formula is C9H11ClN4S. The van der Waals surface area contributed by atoms with E-state index in [0.717, 1.165) is 31.3 Å². The maximum Gasteiger partial charge on any atom is 0.186 e. The van der Waals surface area contributed by atoms with Gasteiger partial charge in [-0.25, -0.2) is 4.98 Å². The van der Waals surface area contributed by atoms with Crippen molar-refractivity contribution in [3.05, 3.63) is 10.5 Å². The zero-order valence-electron chi connectivity index (χ0n) is 8.19. The number of nitrogens with zero attached hydrogens (tertiary/aromatic N) is 4. The van der Waals surface area contributed by atoms with Crippen molar-refractivity contribution in [1.82, 2.24) is 9.88 Å². The van der Waals surface area contributed by atoms with E-state index in [1.807, 2.05) is 5.38 Å². The summed E-state index contributed by atoms with van der Waals surface area (Å²) in [5.41, 5.74) is 0. The molecule has 15 heavy (non-hydrogen) atoms. The van der Waals surface area contributed by atoms with Gasteiger partial charge in [-0.1, -0.05) is 11.6 Å². The van der Waals surface area contributed by atoms with Crippen molar-refractivity contribution in [2.45, 2.75) is 0 Å². The molecule has 1 aromatic heterocycles. The molecule has 1 saturated heterocycles. The van der Waals surface area contributed by atoms with E-state index < -0.39 is 0 Å². The average Bonchev–Trinajstić information content (AvgIpc) is 2.67. The van der Waals surface area contributed by atoms with Crippen LogP contribution in [0, 0.1) is 11.3 Å². The van der Waals surface area contributed by atoms with Gasteiger partial charge in [0.2, 0.25) is 0 Å². The molecule has 4 nitrogen and oxygen atoms in total. The molecular weight excluding hydrogens is 232 g/mol. The lowest BCUT2D eigenvalue weighted by molar-refractivity contribution is 0.287. The van der Waals surface area contributed by atoms with E-state index in [1.165, 1.54) is 0 Å². The molecule has 1 aliphatic rings. The number of hydrogen-bond donors (Lipinski definition) is 0. The zero-order chi connectivity index (χ0) is 10.7. The van der Waals surface area contributed by atoms with Gasteiger partial charge in [0, 0.05) is 31.6 Å². The molecule has 0 saturated carbocycles. The Morgan fingerprint density at radius 3 is 2.73 bits per heavy atom. The van der Waals surface area contributed by atoms with E-state index in [-0.39, 0.29) is 0 Å². The van der Waals surface area contributed by atoms with Crippen molar-refractivity contribution in [2.75, 3.05) is 37.6 Å². The molecule has 2 rings (SSSR count).